The minimum atomic E-state index is 0.0338. The lowest BCUT2D eigenvalue weighted by molar-refractivity contribution is 0.438. The molecule has 0 aliphatic rings. The quantitative estimate of drug-likeness (QED) is 0.350. The van der Waals surface area contributed by atoms with Crippen LogP contribution in [0.1, 0.15) is 48.5 Å². The fourth-order valence-corrected chi connectivity index (χ4v) is 5.19. The van der Waals surface area contributed by atoms with E-state index >= 15 is 0 Å². The summed E-state index contributed by atoms with van der Waals surface area (Å²) in [5.74, 6) is 0. The third-order valence-electron chi connectivity index (χ3n) is 5.45. The molecule has 0 saturated heterocycles. The fraction of sp³-hybridized carbons (Fsp3) is 0.250. The summed E-state index contributed by atoms with van der Waals surface area (Å²) in [5, 5.41) is 0. The minimum absolute atomic E-state index is 0.0338. The zero-order valence-electron chi connectivity index (χ0n) is 15.2. The largest absolute Gasteiger partial charge is 0.0994 e. The molecule has 0 fully saturated rings. The van der Waals surface area contributed by atoms with E-state index in [2.05, 4.69) is 97.9 Å². The number of hydrogen-bond acceptors (Lipinski definition) is 0. The first-order valence-electron chi connectivity index (χ1n) is 9.32. The Morgan fingerprint density at radius 3 is 1.65 bits per heavy atom. The number of rotatable bonds is 8. The Morgan fingerprint density at radius 2 is 1.23 bits per heavy atom. The van der Waals surface area contributed by atoms with Crippen molar-refractivity contribution in [2.75, 3.05) is 0 Å². The van der Waals surface area contributed by atoms with Crippen LogP contribution >= 0.6 is 19.2 Å². The Kier molecular flexibility index (Phi) is 6.89. The van der Waals surface area contributed by atoms with Crippen molar-refractivity contribution in [1.82, 2.24) is 0 Å². The van der Waals surface area contributed by atoms with Gasteiger partial charge in [-0.15, -0.1) is 0 Å². The van der Waals surface area contributed by atoms with E-state index in [1.807, 2.05) is 0 Å². The van der Waals surface area contributed by atoms with Crippen LogP contribution in [0.4, 0.5) is 0 Å². The molecule has 3 rings (SSSR count). The van der Waals surface area contributed by atoms with Gasteiger partial charge in [0.25, 0.3) is 0 Å². The zero-order chi connectivity index (χ0) is 18.2. The second-order valence-electron chi connectivity index (χ2n) is 6.78. The lowest BCUT2D eigenvalue weighted by atomic mass is 9.69. The van der Waals surface area contributed by atoms with Crippen LogP contribution in [0.2, 0.25) is 0 Å². The average molecular weight is 381 g/mol. The van der Waals surface area contributed by atoms with Gasteiger partial charge in [-0.3, -0.25) is 0 Å². The van der Waals surface area contributed by atoms with Crippen molar-refractivity contribution in [3.05, 3.63) is 108 Å². The molecule has 0 aliphatic heterocycles. The third kappa shape index (κ3) is 4.20. The Hall–Kier alpha value is -1.62. The second-order valence-corrected chi connectivity index (χ2v) is 8.35. The molecule has 0 amide bonds. The molecule has 0 aliphatic carbocycles. The SMILES string of the molecule is CCC(CCC(PCl)c1ccccc1)(c1ccccc1)c1ccccc1. The first-order valence-corrected chi connectivity index (χ1v) is 11.4. The lowest BCUT2D eigenvalue weighted by Crippen LogP contribution is -2.27. The normalized spacial score (nSPS) is 13.2. The van der Waals surface area contributed by atoms with E-state index in [-0.39, 0.29) is 5.41 Å². The van der Waals surface area contributed by atoms with Crippen LogP contribution in [0.5, 0.6) is 0 Å². The molecule has 0 nitrogen and oxygen atoms in total. The van der Waals surface area contributed by atoms with Crippen molar-refractivity contribution in [2.45, 2.75) is 37.3 Å². The predicted octanol–water partition coefficient (Wildman–Crippen LogP) is 7.74. The summed E-state index contributed by atoms with van der Waals surface area (Å²) in [6.45, 7) is 2.31. The van der Waals surface area contributed by atoms with E-state index in [1.54, 1.807) is 0 Å². The zero-order valence-corrected chi connectivity index (χ0v) is 17.0. The summed E-state index contributed by atoms with van der Waals surface area (Å²) in [4.78, 5) is 0. The Labute approximate surface area is 164 Å². The molecule has 0 saturated carbocycles. The fourth-order valence-electron chi connectivity index (χ4n) is 3.92. The van der Waals surface area contributed by atoms with Crippen molar-refractivity contribution in [3.63, 3.8) is 0 Å². The van der Waals surface area contributed by atoms with Crippen molar-refractivity contribution in [1.29, 1.82) is 0 Å². The van der Waals surface area contributed by atoms with Gasteiger partial charge in [-0.2, -0.15) is 0 Å². The summed E-state index contributed by atoms with van der Waals surface area (Å²) in [6, 6.07) is 32.6. The van der Waals surface area contributed by atoms with Crippen LogP contribution in [-0.4, -0.2) is 0 Å². The molecule has 3 aromatic carbocycles. The molecular weight excluding hydrogens is 355 g/mol. The van der Waals surface area contributed by atoms with E-state index in [1.165, 1.54) is 16.7 Å². The minimum Gasteiger partial charge on any atom is -0.0994 e. The molecule has 0 aromatic heterocycles. The predicted molar refractivity (Wildman–Crippen MR) is 117 cm³/mol. The van der Waals surface area contributed by atoms with Crippen LogP contribution in [0.3, 0.4) is 0 Å². The Balaban J connectivity index is 1.94. The highest BCUT2D eigenvalue weighted by atomic mass is 35.7. The van der Waals surface area contributed by atoms with Gasteiger partial charge >= 0.3 is 0 Å². The number of benzene rings is 3. The van der Waals surface area contributed by atoms with E-state index in [4.69, 9.17) is 11.2 Å². The van der Waals surface area contributed by atoms with Gasteiger partial charge < -0.3 is 0 Å². The highest BCUT2D eigenvalue weighted by Crippen LogP contribution is 2.47. The van der Waals surface area contributed by atoms with Gasteiger partial charge in [0.1, 0.15) is 0 Å². The van der Waals surface area contributed by atoms with Crippen LogP contribution in [0.15, 0.2) is 91.0 Å². The molecule has 0 N–H and O–H groups in total. The first-order chi connectivity index (χ1) is 12.8. The molecule has 3 aromatic rings. The molecule has 0 spiro atoms. The molecule has 2 heteroatoms. The molecule has 0 bridgehead atoms. The summed E-state index contributed by atoms with van der Waals surface area (Å²) in [6.07, 6.45) is 3.26. The van der Waals surface area contributed by atoms with E-state index in [0.717, 1.165) is 19.3 Å². The number of hydrogen-bond donors (Lipinski definition) is 0. The van der Waals surface area contributed by atoms with Crippen molar-refractivity contribution in [3.8, 4) is 0 Å². The molecular formula is C24H26ClP. The highest BCUT2D eigenvalue weighted by Gasteiger charge is 2.32. The molecule has 2 unspecified atom stereocenters. The average Bonchev–Trinajstić information content (AvgIpc) is 2.74. The molecule has 2 atom stereocenters. The van der Waals surface area contributed by atoms with Crippen molar-refractivity contribution < 1.29 is 0 Å². The van der Waals surface area contributed by atoms with E-state index in [0.29, 0.717) is 13.6 Å². The first kappa shape index (κ1) is 19.2. The van der Waals surface area contributed by atoms with E-state index in [9.17, 15) is 0 Å². The molecule has 26 heavy (non-hydrogen) atoms. The summed E-state index contributed by atoms with van der Waals surface area (Å²) >= 11 is 6.39. The summed E-state index contributed by atoms with van der Waals surface area (Å²) in [5.41, 5.74) is 4.60. The Bertz CT molecular complexity index is 732. The van der Waals surface area contributed by atoms with Crippen molar-refractivity contribution in [2.24, 2.45) is 0 Å². The maximum atomic E-state index is 6.39. The monoisotopic (exact) mass is 380 g/mol. The summed E-state index contributed by atoms with van der Waals surface area (Å²) < 4.78 is 0. The van der Waals surface area contributed by atoms with Gasteiger partial charge in [0.2, 0.25) is 0 Å². The highest BCUT2D eigenvalue weighted by molar-refractivity contribution is 7.68. The summed E-state index contributed by atoms with van der Waals surface area (Å²) in [7, 11) is 0.401. The van der Waals surface area contributed by atoms with Gasteiger partial charge in [-0.1, -0.05) is 109 Å². The Morgan fingerprint density at radius 1 is 0.769 bits per heavy atom. The molecule has 134 valence electrons. The smallest absolute Gasteiger partial charge is 0.0200 e. The van der Waals surface area contributed by atoms with Crippen LogP contribution in [0.25, 0.3) is 0 Å². The van der Waals surface area contributed by atoms with Gasteiger partial charge in [0.15, 0.2) is 0 Å². The van der Waals surface area contributed by atoms with Crippen LogP contribution < -0.4 is 0 Å². The second kappa shape index (κ2) is 9.36. The van der Waals surface area contributed by atoms with Gasteiger partial charge in [-0.25, -0.2) is 0 Å². The van der Waals surface area contributed by atoms with Gasteiger partial charge in [0.05, 0.1) is 0 Å². The van der Waals surface area contributed by atoms with E-state index < -0.39 is 0 Å². The topological polar surface area (TPSA) is 0 Å². The van der Waals surface area contributed by atoms with Crippen LogP contribution in [0, 0.1) is 0 Å². The van der Waals surface area contributed by atoms with Crippen molar-refractivity contribution >= 4 is 19.2 Å². The molecule has 0 heterocycles. The molecule has 0 radical (unpaired) electrons. The van der Waals surface area contributed by atoms with Crippen LogP contribution in [-0.2, 0) is 5.41 Å². The number of halogens is 1. The van der Waals surface area contributed by atoms with Gasteiger partial charge in [-0.05, 0) is 43.9 Å². The maximum absolute atomic E-state index is 6.39. The lowest BCUT2D eigenvalue weighted by Gasteiger charge is -2.35. The third-order valence-corrected chi connectivity index (χ3v) is 7.13. The van der Waals surface area contributed by atoms with Gasteiger partial charge in [0, 0.05) is 11.1 Å². The standard InChI is InChI=1S/C24H26ClP/c1-2-24(21-14-8-4-9-15-21,22-16-10-5-11-17-22)19-18-23(26-25)20-12-6-3-7-13-20/h3-17,23,26H,2,18-19H2,1H3. The maximum Gasteiger partial charge on any atom is 0.0200 e.